The van der Waals surface area contributed by atoms with Crippen molar-refractivity contribution in [3.8, 4) is 0 Å². The summed E-state index contributed by atoms with van der Waals surface area (Å²) in [7, 11) is 0. The third-order valence-electron chi connectivity index (χ3n) is 1.96. The number of aldehydes is 1. The first kappa shape index (κ1) is 9.14. The van der Waals surface area contributed by atoms with Crippen LogP contribution in [0.4, 0.5) is 4.79 Å². The molecule has 1 aromatic rings. The Labute approximate surface area is 84.1 Å². The number of hydrogen-bond acceptors (Lipinski definition) is 5. The number of carbonyl (C=O) groups is 2. The van der Waals surface area contributed by atoms with Crippen molar-refractivity contribution in [2.75, 3.05) is 0 Å². The average molecular weight is 212 g/mol. The summed E-state index contributed by atoms with van der Waals surface area (Å²) in [6, 6.07) is -0.235. The molecule has 6 heteroatoms. The van der Waals surface area contributed by atoms with Crippen LogP contribution >= 0.6 is 11.3 Å². The van der Waals surface area contributed by atoms with Crippen molar-refractivity contribution in [3.05, 3.63) is 16.1 Å². The van der Waals surface area contributed by atoms with Crippen molar-refractivity contribution in [1.29, 1.82) is 0 Å². The minimum absolute atomic E-state index is 0.235. The van der Waals surface area contributed by atoms with Gasteiger partial charge in [0, 0.05) is 5.38 Å². The molecule has 2 rings (SSSR count). The number of aromatic nitrogens is 1. The molecular formula is C8H8N2O3S. The van der Waals surface area contributed by atoms with Gasteiger partial charge >= 0.3 is 6.09 Å². The number of alkyl carbamates (subject to hydrolysis) is 1. The van der Waals surface area contributed by atoms with E-state index in [1.807, 2.05) is 0 Å². The van der Waals surface area contributed by atoms with Crippen molar-refractivity contribution in [1.82, 2.24) is 10.3 Å². The number of thiazole rings is 1. The van der Waals surface area contributed by atoms with Crippen LogP contribution in [0.25, 0.3) is 0 Å². The maximum absolute atomic E-state index is 10.9. The van der Waals surface area contributed by atoms with Gasteiger partial charge in [-0.25, -0.2) is 9.78 Å². The van der Waals surface area contributed by atoms with E-state index in [1.165, 1.54) is 11.3 Å². The molecule has 1 saturated heterocycles. The summed E-state index contributed by atoms with van der Waals surface area (Å²) < 4.78 is 4.90. The van der Waals surface area contributed by atoms with Gasteiger partial charge in [-0.1, -0.05) is 0 Å². The number of nitrogens with one attached hydrogen (secondary N) is 1. The van der Waals surface area contributed by atoms with E-state index in [1.54, 1.807) is 12.3 Å². The van der Waals surface area contributed by atoms with E-state index in [-0.39, 0.29) is 12.1 Å². The van der Waals surface area contributed by atoms with Gasteiger partial charge in [-0.3, -0.25) is 4.79 Å². The van der Waals surface area contributed by atoms with Crippen molar-refractivity contribution in [3.63, 3.8) is 0 Å². The van der Waals surface area contributed by atoms with Crippen molar-refractivity contribution in [2.24, 2.45) is 0 Å². The molecule has 0 saturated carbocycles. The summed E-state index contributed by atoms with van der Waals surface area (Å²) >= 11 is 1.34. The van der Waals surface area contributed by atoms with Crippen LogP contribution in [0, 0.1) is 0 Å². The van der Waals surface area contributed by atoms with Crippen LogP contribution in [-0.2, 0) is 4.74 Å². The second kappa shape index (κ2) is 3.38. The lowest BCUT2D eigenvalue weighted by atomic mass is 10.2. The number of nitrogens with zero attached hydrogens (tertiary/aromatic N) is 1. The molecule has 1 fully saturated rings. The highest BCUT2D eigenvalue weighted by Crippen LogP contribution is 2.26. The summed E-state index contributed by atoms with van der Waals surface area (Å²) in [5.74, 6) is 0. The van der Waals surface area contributed by atoms with E-state index in [0.717, 1.165) is 0 Å². The normalized spacial score (nSPS) is 25.6. The molecule has 14 heavy (non-hydrogen) atoms. The summed E-state index contributed by atoms with van der Waals surface area (Å²) in [4.78, 5) is 25.3. The van der Waals surface area contributed by atoms with Crippen LogP contribution in [0.1, 0.15) is 28.5 Å². The highest BCUT2D eigenvalue weighted by molar-refractivity contribution is 7.09. The van der Waals surface area contributed by atoms with Crippen molar-refractivity contribution < 1.29 is 14.3 Å². The standard InChI is InChI=1S/C8H8N2O3S/c1-4-6(10-8(12)13-4)7-9-5(2-11)3-14-7/h2-4,6H,1H3,(H,10,12)/t4-,6+/m1/s1. The SMILES string of the molecule is C[C@H]1OC(=O)N[C@@H]1c1nc(C=O)cs1. The zero-order valence-electron chi connectivity index (χ0n) is 7.39. The van der Waals surface area contributed by atoms with Gasteiger partial charge in [0.15, 0.2) is 6.29 Å². The Morgan fingerprint density at radius 3 is 3.00 bits per heavy atom. The smallest absolute Gasteiger partial charge is 0.408 e. The summed E-state index contributed by atoms with van der Waals surface area (Å²) in [5, 5.41) is 4.98. The second-order valence-electron chi connectivity index (χ2n) is 2.96. The lowest BCUT2D eigenvalue weighted by Crippen LogP contribution is -2.20. The predicted octanol–water partition coefficient (Wildman–Crippen LogP) is 1.12. The molecule has 0 radical (unpaired) electrons. The van der Waals surface area contributed by atoms with E-state index in [0.29, 0.717) is 17.0 Å². The Morgan fingerprint density at radius 1 is 1.71 bits per heavy atom. The van der Waals surface area contributed by atoms with Gasteiger partial charge in [-0.2, -0.15) is 0 Å². The second-order valence-corrected chi connectivity index (χ2v) is 3.85. The molecule has 0 unspecified atom stereocenters. The molecule has 2 atom stereocenters. The third-order valence-corrected chi connectivity index (χ3v) is 2.91. The molecule has 2 heterocycles. The van der Waals surface area contributed by atoms with Gasteiger partial charge in [0.1, 0.15) is 22.8 Å². The Hall–Kier alpha value is -1.43. The molecule has 1 N–H and O–H groups in total. The minimum Gasteiger partial charge on any atom is -0.444 e. The summed E-state index contributed by atoms with van der Waals surface area (Å²) in [6.07, 6.45) is 0.000894. The van der Waals surface area contributed by atoms with Crippen LogP contribution in [0.2, 0.25) is 0 Å². The Bertz CT molecular complexity index is 376. The number of rotatable bonds is 2. The maximum Gasteiger partial charge on any atom is 0.408 e. The van der Waals surface area contributed by atoms with E-state index in [4.69, 9.17) is 4.74 Å². The van der Waals surface area contributed by atoms with E-state index < -0.39 is 6.09 Å². The number of amides is 1. The fraction of sp³-hybridized carbons (Fsp3) is 0.375. The fourth-order valence-electron chi connectivity index (χ4n) is 1.28. The fourth-order valence-corrected chi connectivity index (χ4v) is 2.18. The minimum atomic E-state index is -0.439. The average Bonchev–Trinajstić information content (AvgIpc) is 2.71. The lowest BCUT2D eigenvalue weighted by Gasteiger charge is -2.07. The van der Waals surface area contributed by atoms with E-state index in [2.05, 4.69) is 10.3 Å². The van der Waals surface area contributed by atoms with Crippen LogP contribution < -0.4 is 5.32 Å². The molecule has 0 bridgehead atoms. The summed E-state index contributed by atoms with van der Waals surface area (Å²) in [5.41, 5.74) is 0.387. The zero-order valence-corrected chi connectivity index (χ0v) is 8.21. The largest absolute Gasteiger partial charge is 0.444 e. The van der Waals surface area contributed by atoms with Gasteiger partial charge in [0.25, 0.3) is 0 Å². The van der Waals surface area contributed by atoms with Gasteiger partial charge < -0.3 is 10.1 Å². The first-order valence-corrected chi connectivity index (χ1v) is 4.96. The van der Waals surface area contributed by atoms with Gasteiger partial charge in [0.05, 0.1) is 0 Å². The maximum atomic E-state index is 10.9. The van der Waals surface area contributed by atoms with Crippen molar-refractivity contribution in [2.45, 2.75) is 19.1 Å². The number of cyclic esters (lactones) is 1. The summed E-state index contributed by atoms with van der Waals surface area (Å²) in [6.45, 7) is 1.78. The Morgan fingerprint density at radius 2 is 2.50 bits per heavy atom. The molecule has 0 aromatic carbocycles. The predicted molar refractivity (Wildman–Crippen MR) is 49.3 cm³/mol. The van der Waals surface area contributed by atoms with Crippen LogP contribution in [-0.4, -0.2) is 23.5 Å². The van der Waals surface area contributed by atoms with Gasteiger partial charge in [-0.15, -0.1) is 11.3 Å². The highest BCUT2D eigenvalue weighted by atomic mass is 32.1. The number of ether oxygens (including phenoxy) is 1. The number of carbonyl (C=O) groups excluding carboxylic acids is 2. The van der Waals surface area contributed by atoms with Crippen molar-refractivity contribution >= 4 is 23.7 Å². The Balaban J connectivity index is 2.22. The number of hydrogen-bond donors (Lipinski definition) is 1. The highest BCUT2D eigenvalue weighted by Gasteiger charge is 2.33. The molecule has 1 aromatic heterocycles. The molecule has 74 valence electrons. The van der Waals surface area contributed by atoms with Gasteiger partial charge in [-0.05, 0) is 6.92 Å². The molecular weight excluding hydrogens is 204 g/mol. The molecule has 1 aliphatic rings. The van der Waals surface area contributed by atoms with E-state index in [9.17, 15) is 9.59 Å². The quantitative estimate of drug-likeness (QED) is 0.746. The van der Waals surface area contributed by atoms with Gasteiger partial charge in [0.2, 0.25) is 0 Å². The first-order chi connectivity index (χ1) is 6.70. The monoisotopic (exact) mass is 212 g/mol. The first-order valence-electron chi connectivity index (χ1n) is 4.08. The zero-order chi connectivity index (χ0) is 10.1. The Kier molecular flexibility index (Phi) is 2.20. The third kappa shape index (κ3) is 1.48. The molecule has 5 nitrogen and oxygen atoms in total. The molecule has 0 aliphatic carbocycles. The van der Waals surface area contributed by atoms with E-state index >= 15 is 0 Å². The lowest BCUT2D eigenvalue weighted by molar-refractivity contribution is 0.111. The molecule has 1 aliphatic heterocycles. The molecule has 0 spiro atoms. The van der Waals surface area contributed by atoms with Crippen LogP contribution in [0.3, 0.4) is 0 Å². The van der Waals surface area contributed by atoms with Crippen LogP contribution in [0.15, 0.2) is 5.38 Å². The van der Waals surface area contributed by atoms with Crippen LogP contribution in [0.5, 0.6) is 0 Å². The molecule has 1 amide bonds. The topological polar surface area (TPSA) is 68.3 Å².